The molecule has 6 heteroatoms. The van der Waals surface area contributed by atoms with Gasteiger partial charge in [-0.1, -0.05) is 13.8 Å². The molecule has 0 heterocycles. The summed E-state index contributed by atoms with van der Waals surface area (Å²) < 4.78 is 14.2. The maximum atomic E-state index is 10.8. The van der Waals surface area contributed by atoms with Crippen molar-refractivity contribution in [3.05, 3.63) is 0 Å². The number of aliphatic hydroxyl groups is 2. The quantitative estimate of drug-likeness (QED) is 0.656. The molecule has 0 bridgehead atoms. The number of ether oxygens (including phenoxy) is 3. The molecule has 0 radical (unpaired) electrons. The first kappa shape index (κ1) is 18.5. The summed E-state index contributed by atoms with van der Waals surface area (Å²) in [5.41, 5.74) is 0. The van der Waals surface area contributed by atoms with Gasteiger partial charge in [-0.15, -0.1) is 0 Å². The molecular formula is C11H24O6. The Bertz CT molecular complexity index is 171. The van der Waals surface area contributed by atoms with E-state index in [0.29, 0.717) is 0 Å². The van der Waals surface area contributed by atoms with Crippen molar-refractivity contribution in [3.8, 4) is 0 Å². The molecule has 2 atom stereocenters. The summed E-state index contributed by atoms with van der Waals surface area (Å²) in [6.45, 7) is 7.24. The van der Waals surface area contributed by atoms with Crippen LogP contribution in [0.15, 0.2) is 0 Å². The summed E-state index contributed by atoms with van der Waals surface area (Å²) in [5.74, 6) is 0. The number of rotatable bonds is 7. The number of hydrogen-bond acceptors (Lipinski definition) is 6. The average molecular weight is 252 g/mol. The highest BCUT2D eigenvalue weighted by molar-refractivity contribution is 5.59. The molecule has 2 N–H and O–H groups in total. The third kappa shape index (κ3) is 15.1. The van der Waals surface area contributed by atoms with Gasteiger partial charge in [-0.05, 0) is 13.8 Å². The molecule has 0 amide bonds. The Labute approximate surface area is 102 Å². The summed E-state index contributed by atoms with van der Waals surface area (Å²) >= 11 is 0. The van der Waals surface area contributed by atoms with E-state index >= 15 is 0 Å². The van der Waals surface area contributed by atoms with Crippen LogP contribution in [-0.2, 0) is 14.2 Å². The van der Waals surface area contributed by atoms with Crippen molar-refractivity contribution in [2.24, 2.45) is 0 Å². The second-order valence-corrected chi connectivity index (χ2v) is 3.13. The molecule has 6 nitrogen and oxygen atoms in total. The molecule has 0 aromatic rings. The zero-order valence-electron chi connectivity index (χ0n) is 11.0. The van der Waals surface area contributed by atoms with Crippen LogP contribution in [-0.4, -0.2) is 55.0 Å². The normalized spacial score (nSPS) is 13.1. The van der Waals surface area contributed by atoms with Gasteiger partial charge in [0.2, 0.25) is 0 Å². The van der Waals surface area contributed by atoms with Crippen LogP contribution in [0.4, 0.5) is 4.79 Å². The first-order valence-electron chi connectivity index (χ1n) is 5.76. The SMILES string of the molecule is CC.CC(O)COC(C)COC(=O)OCCO. The lowest BCUT2D eigenvalue weighted by Crippen LogP contribution is -2.23. The van der Waals surface area contributed by atoms with Crippen molar-refractivity contribution in [3.63, 3.8) is 0 Å². The molecule has 0 rings (SSSR count). The van der Waals surface area contributed by atoms with Gasteiger partial charge in [0.05, 0.1) is 25.4 Å². The van der Waals surface area contributed by atoms with Crippen LogP contribution in [0.2, 0.25) is 0 Å². The predicted molar refractivity (Wildman–Crippen MR) is 62.8 cm³/mol. The highest BCUT2D eigenvalue weighted by atomic mass is 16.7. The Kier molecular flexibility index (Phi) is 14.4. The van der Waals surface area contributed by atoms with Crippen LogP contribution in [0, 0.1) is 0 Å². The molecule has 0 saturated carbocycles. The van der Waals surface area contributed by atoms with Crippen LogP contribution < -0.4 is 0 Å². The lowest BCUT2D eigenvalue weighted by Gasteiger charge is -2.14. The number of aliphatic hydroxyl groups excluding tert-OH is 2. The molecule has 2 unspecified atom stereocenters. The minimum atomic E-state index is -0.837. The Morgan fingerprint density at radius 2 is 1.76 bits per heavy atom. The molecule has 0 aromatic carbocycles. The van der Waals surface area contributed by atoms with Crippen molar-refractivity contribution in [1.82, 2.24) is 0 Å². The standard InChI is InChI=1S/C9H18O6.C2H6/c1-7(11)5-14-8(2)6-15-9(12)13-4-3-10;1-2/h7-8,10-11H,3-6H2,1-2H3;1-2H3. The molecule has 104 valence electrons. The first-order chi connectivity index (χ1) is 8.06. The van der Waals surface area contributed by atoms with E-state index in [9.17, 15) is 4.79 Å². The van der Waals surface area contributed by atoms with Crippen LogP contribution >= 0.6 is 0 Å². The Balaban J connectivity index is 0. The van der Waals surface area contributed by atoms with Gasteiger partial charge >= 0.3 is 6.16 Å². The minimum Gasteiger partial charge on any atom is -0.432 e. The summed E-state index contributed by atoms with van der Waals surface area (Å²) in [7, 11) is 0. The molecule has 0 saturated heterocycles. The van der Waals surface area contributed by atoms with Gasteiger partial charge in [-0.3, -0.25) is 0 Å². The summed E-state index contributed by atoms with van der Waals surface area (Å²) in [6.07, 6.45) is -1.69. The molecule has 0 aliphatic heterocycles. The fourth-order valence-corrected chi connectivity index (χ4v) is 0.708. The maximum absolute atomic E-state index is 10.8. The average Bonchev–Trinajstić information content (AvgIpc) is 2.33. The zero-order valence-corrected chi connectivity index (χ0v) is 11.0. The Morgan fingerprint density at radius 1 is 1.18 bits per heavy atom. The Morgan fingerprint density at radius 3 is 2.24 bits per heavy atom. The molecule has 0 aliphatic carbocycles. The molecular weight excluding hydrogens is 228 g/mol. The molecule has 17 heavy (non-hydrogen) atoms. The van der Waals surface area contributed by atoms with Gasteiger partial charge in [-0.2, -0.15) is 0 Å². The largest absolute Gasteiger partial charge is 0.508 e. The topological polar surface area (TPSA) is 85.2 Å². The van der Waals surface area contributed by atoms with Crippen LogP contribution in [0.1, 0.15) is 27.7 Å². The second kappa shape index (κ2) is 13.2. The van der Waals surface area contributed by atoms with Crippen LogP contribution in [0.3, 0.4) is 0 Å². The van der Waals surface area contributed by atoms with Gasteiger partial charge < -0.3 is 24.4 Å². The number of carbonyl (C=O) groups excluding carboxylic acids is 1. The van der Waals surface area contributed by atoms with E-state index in [2.05, 4.69) is 9.47 Å². The van der Waals surface area contributed by atoms with E-state index in [1.165, 1.54) is 0 Å². The smallest absolute Gasteiger partial charge is 0.432 e. The van der Waals surface area contributed by atoms with Gasteiger partial charge in [0.1, 0.15) is 13.2 Å². The van der Waals surface area contributed by atoms with Gasteiger partial charge in [-0.25, -0.2) is 4.79 Å². The minimum absolute atomic E-state index is 0.0526. The highest BCUT2D eigenvalue weighted by Crippen LogP contribution is 1.95. The van der Waals surface area contributed by atoms with E-state index < -0.39 is 12.3 Å². The van der Waals surface area contributed by atoms with Gasteiger partial charge in [0.15, 0.2) is 0 Å². The van der Waals surface area contributed by atoms with E-state index in [-0.39, 0.29) is 32.5 Å². The third-order valence-electron chi connectivity index (χ3n) is 1.37. The maximum Gasteiger partial charge on any atom is 0.508 e. The summed E-state index contributed by atoms with van der Waals surface area (Å²) in [6, 6.07) is 0. The fourth-order valence-electron chi connectivity index (χ4n) is 0.708. The predicted octanol–water partition coefficient (Wildman–Crippen LogP) is 0.944. The molecule has 0 spiro atoms. The van der Waals surface area contributed by atoms with Crippen molar-refractivity contribution in [2.45, 2.75) is 39.9 Å². The fraction of sp³-hybridized carbons (Fsp3) is 0.909. The second-order valence-electron chi connectivity index (χ2n) is 3.13. The summed E-state index contributed by atoms with van der Waals surface area (Å²) in [4.78, 5) is 10.8. The van der Waals surface area contributed by atoms with E-state index in [4.69, 9.17) is 14.9 Å². The zero-order chi connectivity index (χ0) is 13.7. The number of hydrogen-bond donors (Lipinski definition) is 2. The van der Waals surface area contributed by atoms with Crippen LogP contribution in [0.25, 0.3) is 0 Å². The van der Waals surface area contributed by atoms with Crippen molar-refractivity contribution >= 4 is 6.16 Å². The molecule has 0 fully saturated rings. The van der Waals surface area contributed by atoms with Crippen molar-refractivity contribution in [1.29, 1.82) is 0 Å². The molecule has 0 aromatic heterocycles. The van der Waals surface area contributed by atoms with Gasteiger partial charge in [0.25, 0.3) is 0 Å². The number of carbonyl (C=O) groups is 1. The van der Waals surface area contributed by atoms with Crippen LogP contribution in [0.5, 0.6) is 0 Å². The summed E-state index contributed by atoms with van der Waals surface area (Å²) in [5, 5.41) is 17.3. The third-order valence-corrected chi connectivity index (χ3v) is 1.37. The van der Waals surface area contributed by atoms with Gasteiger partial charge in [0, 0.05) is 0 Å². The van der Waals surface area contributed by atoms with Crippen molar-refractivity contribution in [2.75, 3.05) is 26.4 Å². The van der Waals surface area contributed by atoms with Crippen molar-refractivity contribution < 1.29 is 29.2 Å². The lowest BCUT2D eigenvalue weighted by molar-refractivity contribution is -0.0353. The lowest BCUT2D eigenvalue weighted by atomic mass is 10.4. The monoisotopic (exact) mass is 252 g/mol. The molecule has 0 aliphatic rings. The van der Waals surface area contributed by atoms with E-state index in [0.717, 1.165) is 0 Å². The first-order valence-corrected chi connectivity index (χ1v) is 5.76. The highest BCUT2D eigenvalue weighted by Gasteiger charge is 2.09. The Hall–Kier alpha value is -0.850. The van der Waals surface area contributed by atoms with E-state index in [1.54, 1.807) is 13.8 Å². The van der Waals surface area contributed by atoms with E-state index in [1.807, 2.05) is 13.8 Å².